The third-order valence-corrected chi connectivity index (χ3v) is 4.90. The highest BCUT2D eigenvalue weighted by Crippen LogP contribution is 2.27. The molecule has 0 saturated carbocycles. The van der Waals surface area contributed by atoms with Crippen molar-refractivity contribution in [2.75, 3.05) is 17.2 Å². The molecule has 3 aromatic carbocycles. The summed E-state index contributed by atoms with van der Waals surface area (Å²) in [5.74, 6) is 0.641. The summed E-state index contributed by atoms with van der Waals surface area (Å²) in [6.07, 6.45) is 0.943. The molecule has 160 valence electrons. The Balaban J connectivity index is 1.68. The summed E-state index contributed by atoms with van der Waals surface area (Å²) in [4.78, 5) is 25.1. The summed E-state index contributed by atoms with van der Waals surface area (Å²) < 4.78 is 5.73. The molecule has 0 aliphatic rings. The molecule has 3 rings (SSSR count). The fourth-order valence-corrected chi connectivity index (χ4v) is 2.99. The first-order chi connectivity index (χ1) is 14.9. The van der Waals surface area contributed by atoms with Crippen LogP contribution in [0.25, 0.3) is 0 Å². The third kappa shape index (κ3) is 6.59. The monoisotopic (exact) mass is 436 g/mol. The third-order valence-electron chi connectivity index (χ3n) is 4.57. The molecule has 0 aliphatic heterocycles. The number of nitrogens with one attached hydrogen (secondary N) is 2. The number of anilines is 2. The number of rotatable bonds is 8. The van der Waals surface area contributed by atoms with Gasteiger partial charge in [0.05, 0.1) is 17.3 Å². The molecule has 31 heavy (non-hydrogen) atoms. The van der Waals surface area contributed by atoms with Crippen LogP contribution in [0.2, 0.25) is 5.02 Å². The van der Waals surface area contributed by atoms with Crippen LogP contribution in [-0.2, 0) is 0 Å². The van der Waals surface area contributed by atoms with E-state index in [0.29, 0.717) is 45.8 Å². The van der Waals surface area contributed by atoms with E-state index in [0.717, 1.165) is 6.42 Å². The van der Waals surface area contributed by atoms with Crippen LogP contribution in [0.15, 0.2) is 72.8 Å². The quantitative estimate of drug-likeness (QED) is 0.437. The van der Waals surface area contributed by atoms with E-state index in [9.17, 15) is 9.59 Å². The molecule has 3 aromatic rings. The highest BCUT2D eigenvalue weighted by molar-refractivity contribution is 6.34. The fourth-order valence-electron chi connectivity index (χ4n) is 2.83. The van der Waals surface area contributed by atoms with Crippen molar-refractivity contribution >= 4 is 34.8 Å². The Bertz CT molecular complexity index is 1050. The normalized spacial score (nSPS) is 10.6. The number of hydrogen-bond donors (Lipinski definition) is 2. The summed E-state index contributed by atoms with van der Waals surface area (Å²) in [6, 6.07) is 20.8. The van der Waals surface area contributed by atoms with Crippen molar-refractivity contribution in [2.24, 2.45) is 5.92 Å². The topological polar surface area (TPSA) is 67.4 Å². The zero-order valence-corrected chi connectivity index (χ0v) is 18.3. The van der Waals surface area contributed by atoms with Crippen LogP contribution in [0.3, 0.4) is 0 Å². The van der Waals surface area contributed by atoms with Crippen molar-refractivity contribution in [2.45, 2.75) is 20.3 Å². The van der Waals surface area contributed by atoms with Crippen molar-refractivity contribution in [3.8, 4) is 5.75 Å². The van der Waals surface area contributed by atoms with Gasteiger partial charge in [0.25, 0.3) is 11.8 Å². The van der Waals surface area contributed by atoms with Gasteiger partial charge in [-0.1, -0.05) is 49.7 Å². The van der Waals surface area contributed by atoms with Crippen LogP contribution >= 0.6 is 11.6 Å². The van der Waals surface area contributed by atoms with Gasteiger partial charge in [0.2, 0.25) is 0 Å². The van der Waals surface area contributed by atoms with E-state index >= 15 is 0 Å². The van der Waals surface area contributed by atoms with Crippen LogP contribution in [0.1, 0.15) is 41.0 Å². The molecule has 2 N–H and O–H groups in total. The van der Waals surface area contributed by atoms with E-state index in [1.807, 2.05) is 12.1 Å². The molecular weight excluding hydrogens is 412 g/mol. The summed E-state index contributed by atoms with van der Waals surface area (Å²) in [5, 5.41) is 5.99. The molecule has 0 saturated heterocycles. The molecule has 0 aromatic heterocycles. The van der Waals surface area contributed by atoms with Crippen molar-refractivity contribution < 1.29 is 14.3 Å². The maximum Gasteiger partial charge on any atom is 0.255 e. The maximum atomic E-state index is 12.7. The predicted octanol–water partition coefficient (Wildman–Crippen LogP) is 6.27. The van der Waals surface area contributed by atoms with E-state index in [1.165, 1.54) is 0 Å². The minimum atomic E-state index is -0.281. The summed E-state index contributed by atoms with van der Waals surface area (Å²) >= 11 is 6.23. The molecule has 0 spiro atoms. The minimum absolute atomic E-state index is 0.280. The average Bonchev–Trinajstić information content (AvgIpc) is 2.76. The average molecular weight is 437 g/mol. The van der Waals surface area contributed by atoms with Crippen LogP contribution in [0.5, 0.6) is 5.75 Å². The zero-order chi connectivity index (χ0) is 22.2. The molecular formula is C25H25ClN2O3. The van der Waals surface area contributed by atoms with Crippen LogP contribution in [0.4, 0.5) is 11.4 Å². The molecule has 0 unspecified atom stereocenters. The van der Waals surface area contributed by atoms with Crippen molar-refractivity contribution in [1.82, 2.24) is 0 Å². The van der Waals surface area contributed by atoms with Crippen LogP contribution in [-0.4, -0.2) is 18.4 Å². The molecule has 6 heteroatoms. The smallest absolute Gasteiger partial charge is 0.255 e. The lowest BCUT2D eigenvalue weighted by atomic mass is 10.1. The SMILES string of the molecule is CC(C)CCOc1cccc(C(=O)Nc2ccc(Cl)c(NC(=O)c3ccccc3)c2)c1. The number of benzene rings is 3. The van der Waals surface area contributed by atoms with E-state index in [1.54, 1.807) is 60.7 Å². The Hall–Kier alpha value is -3.31. The van der Waals surface area contributed by atoms with E-state index in [2.05, 4.69) is 24.5 Å². The largest absolute Gasteiger partial charge is 0.494 e. The fraction of sp³-hybridized carbons (Fsp3) is 0.200. The molecule has 0 heterocycles. The number of carbonyl (C=O) groups is 2. The van der Waals surface area contributed by atoms with Gasteiger partial charge < -0.3 is 15.4 Å². The Morgan fingerprint density at radius 3 is 2.32 bits per heavy atom. The number of ether oxygens (including phenoxy) is 1. The summed E-state index contributed by atoms with van der Waals surface area (Å²) in [5.41, 5.74) is 1.93. The van der Waals surface area contributed by atoms with Gasteiger partial charge in [0.1, 0.15) is 5.75 Å². The van der Waals surface area contributed by atoms with Gasteiger partial charge in [-0.3, -0.25) is 9.59 Å². The molecule has 0 radical (unpaired) electrons. The highest BCUT2D eigenvalue weighted by Gasteiger charge is 2.12. The second-order valence-electron chi connectivity index (χ2n) is 7.53. The molecule has 2 amide bonds. The highest BCUT2D eigenvalue weighted by atomic mass is 35.5. The van der Waals surface area contributed by atoms with Crippen LogP contribution in [0, 0.1) is 5.92 Å². The molecule has 5 nitrogen and oxygen atoms in total. The maximum absolute atomic E-state index is 12.7. The lowest BCUT2D eigenvalue weighted by molar-refractivity contribution is 0.101. The second kappa shape index (κ2) is 10.6. The lowest BCUT2D eigenvalue weighted by Gasteiger charge is -2.12. The molecule has 0 bridgehead atoms. The van der Waals surface area contributed by atoms with Gasteiger partial charge >= 0.3 is 0 Å². The van der Waals surface area contributed by atoms with Gasteiger partial charge in [0, 0.05) is 16.8 Å². The van der Waals surface area contributed by atoms with Gasteiger partial charge in [-0.15, -0.1) is 0 Å². The standard InChI is InChI=1S/C25H25ClN2O3/c1-17(2)13-14-31-21-10-6-9-19(15-21)25(30)27-20-11-12-22(26)23(16-20)28-24(29)18-7-4-3-5-8-18/h3-12,15-17H,13-14H2,1-2H3,(H,27,30)(H,28,29). The predicted molar refractivity (Wildman–Crippen MR) is 125 cm³/mol. The van der Waals surface area contributed by atoms with E-state index in [-0.39, 0.29) is 11.8 Å². The zero-order valence-electron chi connectivity index (χ0n) is 17.5. The lowest BCUT2D eigenvalue weighted by Crippen LogP contribution is -2.14. The van der Waals surface area contributed by atoms with Crippen molar-refractivity contribution in [1.29, 1.82) is 0 Å². The number of hydrogen-bond acceptors (Lipinski definition) is 3. The van der Waals surface area contributed by atoms with Gasteiger partial charge in [-0.25, -0.2) is 0 Å². The number of halogens is 1. The van der Waals surface area contributed by atoms with Gasteiger partial charge in [-0.2, -0.15) is 0 Å². The van der Waals surface area contributed by atoms with E-state index < -0.39 is 0 Å². The molecule has 0 aliphatic carbocycles. The van der Waals surface area contributed by atoms with Gasteiger partial charge in [-0.05, 0) is 60.9 Å². The minimum Gasteiger partial charge on any atom is -0.494 e. The Morgan fingerprint density at radius 2 is 1.58 bits per heavy atom. The van der Waals surface area contributed by atoms with Crippen molar-refractivity contribution in [3.63, 3.8) is 0 Å². The number of amides is 2. The van der Waals surface area contributed by atoms with Gasteiger partial charge in [0.15, 0.2) is 0 Å². The Morgan fingerprint density at radius 1 is 0.871 bits per heavy atom. The van der Waals surface area contributed by atoms with E-state index in [4.69, 9.17) is 16.3 Å². The van der Waals surface area contributed by atoms with Crippen molar-refractivity contribution in [3.05, 3.63) is 88.9 Å². The molecule has 0 fully saturated rings. The van der Waals surface area contributed by atoms with Crippen LogP contribution < -0.4 is 15.4 Å². The Kier molecular flexibility index (Phi) is 7.68. The first-order valence-corrected chi connectivity index (χ1v) is 10.5. The first kappa shape index (κ1) is 22.4. The number of carbonyl (C=O) groups excluding carboxylic acids is 2. The second-order valence-corrected chi connectivity index (χ2v) is 7.93. The Labute approximate surface area is 187 Å². The summed E-state index contributed by atoms with van der Waals surface area (Å²) in [7, 11) is 0. The molecule has 0 atom stereocenters. The first-order valence-electron chi connectivity index (χ1n) is 10.1. The summed E-state index contributed by atoms with van der Waals surface area (Å²) in [6.45, 7) is 4.87.